The molecule has 0 spiro atoms. The first-order valence-electron chi connectivity index (χ1n) is 7.53. The van der Waals surface area contributed by atoms with Crippen molar-refractivity contribution in [2.24, 2.45) is 0 Å². The molecule has 3 rings (SSSR count). The molecular formula is C17H22N2O2. The van der Waals surface area contributed by atoms with Crippen molar-refractivity contribution in [3.63, 3.8) is 0 Å². The Morgan fingerprint density at radius 3 is 2.62 bits per heavy atom. The number of amides is 1. The summed E-state index contributed by atoms with van der Waals surface area (Å²) in [5, 5.41) is 2.26. The maximum Gasteiger partial charge on any atom is 0.415 e. The van der Waals surface area contributed by atoms with Crippen LogP contribution in [0.2, 0.25) is 0 Å². The van der Waals surface area contributed by atoms with Gasteiger partial charge in [-0.05, 0) is 31.0 Å². The van der Waals surface area contributed by atoms with Crippen molar-refractivity contribution < 1.29 is 9.53 Å². The quantitative estimate of drug-likeness (QED) is 0.859. The molecular weight excluding hydrogens is 264 g/mol. The van der Waals surface area contributed by atoms with Crippen LogP contribution in [0.15, 0.2) is 24.4 Å². The number of hydrogen-bond donors (Lipinski definition) is 1. The Morgan fingerprint density at radius 1 is 1.24 bits per heavy atom. The van der Waals surface area contributed by atoms with Gasteiger partial charge in [-0.15, -0.1) is 0 Å². The van der Waals surface area contributed by atoms with Crippen molar-refractivity contribution in [2.45, 2.75) is 39.0 Å². The molecule has 0 radical (unpaired) electrons. The Labute approximate surface area is 125 Å². The van der Waals surface area contributed by atoms with Gasteiger partial charge in [0.05, 0.1) is 0 Å². The number of rotatable bonds is 1. The average Bonchev–Trinajstić information content (AvgIpc) is 3.06. The first-order chi connectivity index (χ1) is 9.95. The van der Waals surface area contributed by atoms with E-state index in [4.69, 9.17) is 4.74 Å². The smallest absolute Gasteiger partial charge is 0.410 e. The van der Waals surface area contributed by atoms with Crippen molar-refractivity contribution in [1.82, 2.24) is 9.88 Å². The van der Waals surface area contributed by atoms with Gasteiger partial charge in [0.2, 0.25) is 0 Å². The Morgan fingerprint density at radius 2 is 1.95 bits per heavy atom. The van der Waals surface area contributed by atoms with Gasteiger partial charge >= 0.3 is 6.09 Å². The van der Waals surface area contributed by atoms with Crippen LogP contribution in [0.25, 0.3) is 10.8 Å². The lowest BCUT2D eigenvalue weighted by Gasteiger charge is -2.17. The lowest BCUT2D eigenvalue weighted by atomic mass is 9.90. The van der Waals surface area contributed by atoms with Gasteiger partial charge in [0.15, 0.2) is 0 Å². The van der Waals surface area contributed by atoms with Gasteiger partial charge in [-0.25, -0.2) is 4.79 Å². The van der Waals surface area contributed by atoms with Crippen molar-refractivity contribution in [1.29, 1.82) is 0 Å². The third-order valence-corrected chi connectivity index (χ3v) is 3.98. The Kier molecular flexibility index (Phi) is 3.40. The summed E-state index contributed by atoms with van der Waals surface area (Å²) in [4.78, 5) is 17.1. The number of ether oxygens (including phenoxy) is 1. The van der Waals surface area contributed by atoms with E-state index in [1.165, 1.54) is 11.1 Å². The van der Waals surface area contributed by atoms with Gasteiger partial charge in [-0.1, -0.05) is 20.8 Å². The van der Waals surface area contributed by atoms with E-state index >= 15 is 0 Å². The van der Waals surface area contributed by atoms with Crippen LogP contribution in [0.1, 0.15) is 39.3 Å². The molecule has 0 saturated carbocycles. The molecule has 1 amide bonds. The fourth-order valence-corrected chi connectivity index (χ4v) is 2.86. The minimum Gasteiger partial charge on any atom is -0.410 e. The molecule has 4 nitrogen and oxygen atoms in total. The highest BCUT2D eigenvalue weighted by Gasteiger charge is 2.21. The van der Waals surface area contributed by atoms with Gasteiger partial charge in [0.1, 0.15) is 5.75 Å². The number of benzene rings is 1. The number of carbonyl (C=O) groups is 1. The van der Waals surface area contributed by atoms with E-state index in [9.17, 15) is 4.79 Å². The molecule has 0 bridgehead atoms. The minimum atomic E-state index is -0.238. The van der Waals surface area contributed by atoms with E-state index in [-0.39, 0.29) is 11.5 Å². The number of aromatic amines is 1. The number of fused-ring (bicyclic) bond motifs is 1. The van der Waals surface area contributed by atoms with Gasteiger partial charge in [0.25, 0.3) is 0 Å². The van der Waals surface area contributed by atoms with E-state index in [1.54, 1.807) is 4.90 Å². The summed E-state index contributed by atoms with van der Waals surface area (Å²) in [6.07, 6.45) is 3.88. The highest BCUT2D eigenvalue weighted by Crippen LogP contribution is 2.31. The highest BCUT2D eigenvalue weighted by atomic mass is 16.6. The second kappa shape index (κ2) is 5.10. The topological polar surface area (TPSA) is 45.3 Å². The number of hydrogen-bond acceptors (Lipinski definition) is 2. The van der Waals surface area contributed by atoms with Crippen LogP contribution >= 0.6 is 0 Å². The van der Waals surface area contributed by atoms with Crippen LogP contribution in [-0.4, -0.2) is 29.1 Å². The first-order valence-corrected chi connectivity index (χ1v) is 7.53. The average molecular weight is 286 g/mol. The molecule has 1 aliphatic rings. The van der Waals surface area contributed by atoms with E-state index in [0.717, 1.165) is 31.3 Å². The molecule has 1 aromatic heterocycles. The SMILES string of the molecule is CC(C)(C)c1[nH]cc2cc(OC(=O)N3CCCC3)ccc12. The second-order valence-corrected chi connectivity index (χ2v) is 6.72. The lowest BCUT2D eigenvalue weighted by molar-refractivity contribution is 0.163. The molecule has 4 heteroatoms. The molecule has 0 unspecified atom stereocenters. The molecule has 1 N–H and O–H groups in total. The summed E-state index contributed by atoms with van der Waals surface area (Å²) in [5.74, 6) is 0.610. The van der Waals surface area contributed by atoms with Crippen LogP contribution < -0.4 is 4.74 Å². The van der Waals surface area contributed by atoms with Crippen molar-refractivity contribution in [3.05, 3.63) is 30.1 Å². The summed E-state index contributed by atoms with van der Waals surface area (Å²) in [5.41, 5.74) is 1.27. The highest BCUT2D eigenvalue weighted by molar-refractivity contribution is 5.88. The Hall–Kier alpha value is -1.97. The van der Waals surface area contributed by atoms with E-state index < -0.39 is 0 Å². The van der Waals surface area contributed by atoms with Crippen molar-refractivity contribution in [3.8, 4) is 5.75 Å². The summed E-state index contributed by atoms with van der Waals surface area (Å²) in [6, 6.07) is 5.83. The molecule has 21 heavy (non-hydrogen) atoms. The molecule has 1 aliphatic heterocycles. The van der Waals surface area contributed by atoms with Gasteiger partial charge in [0, 0.05) is 41.2 Å². The summed E-state index contributed by atoms with van der Waals surface area (Å²) >= 11 is 0. The molecule has 2 aromatic rings. The minimum absolute atomic E-state index is 0.0650. The number of nitrogens with one attached hydrogen (secondary N) is 1. The van der Waals surface area contributed by atoms with Crippen LogP contribution in [0.5, 0.6) is 5.75 Å². The number of nitrogens with zero attached hydrogens (tertiary/aromatic N) is 1. The molecule has 1 aromatic carbocycles. The standard InChI is InChI=1S/C17H22N2O2/c1-17(2,3)15-14-7-6-13(10-12(14)11-18-15)21-16(20)19-8-4-5-9-19/h6-7,10-11,18H,4-5,8-9H2,1-3H3. The zero-order valence-corrected chi connectivity index (χ0v) is 12.9. The Balaban J connectivity index is 1.83. The van der Waals surface area contributed by atoms with Gasteiger partial charge < -0.3 is 14.6 Å². The van der Waals surface area contributed by atoms with Gasteiger partial charge in [-0.2, -0.15) is 0 Å². The zero-order valence-electron chi connectivity index (χ0n) is 12.9. The summed E-state index contributed by atoms with van der Waals surface area (Å²) < 4.78 is 5.47. The van der Waals surface area contributed by atoms with E-state index in [1.807, 2.05) is 24.4 Å². The third-order valence-electron chi connectivity index (χ3n) is 3.98. The van der Waals surface area contributed by atoms with Crippen LogP contribution in [0.4, 0.5) is 4.79 Å². The number of H-pyrrole nitrogens is 1. The monoisotopic (exact) mass is 286 g/mol. The lowest BCUT2D eigenvalue weighted by Crippen LogP contribution is -2.30. The van der Waals surface area contributed by atoms with E-state index in [2.05, 4.69) is 25.8 Å². The van der Waals surface area contributed by atoms with Crippen LogP contribution in [-0.2, 0) is 5.41 Å². The van der Waals surface area contributed by atoms with Crippen LogP contribution in [0.3, 0.4) is 0 Å². The maximum absolute atomic E-state index is 12.0. The fraction of sp³-hybridized carbons (Fsp3) is 0.471. The Bertz CT molecular complexity index is 661. The normalized spacial score (nSPS) is 15.7. The number of aromatic nitrogens is 1. The molecule has 1 saturated heterocycles. The predicted molar refractivity (Wildman–Crippen MR) is 83.8 cm³/mol. The molecule has 0 atom stereocenters. The second-order valence-electron chi connectivity index (χ2n) is 6.72. The molecule has 2 heterocycles. The molecule has 112 valence electrons. The van der Waals surface area contributed by atoms with Crippen molar-refractivity contribution >= 4 is 16.9 Å². The predicted octanol–water partition coefficient (Wildman–Crippen LogP) is 4.06. The van der Waals surface area contributed by atoms with Gasteiger partial charge in [-0.3, -0.25) is 0 Å². The summed E-state index contributed by atoms with van der Waals surface area (Å²) in [6.45, 7) is 8.15. The van der Waals surface area contributed by atoms with E-state index in [0.29, 0.717) is 5.75 Å². The zero-order chi connectivity index (χ0) is 15.0. The van der Waals surface area contributed by atoms with Crippen molar-refractivity contribution in [2.75, 3.05) is 13.1 Å². The number of carbonyl (C=O) groups excluding carboxylic acids is 1. The first kappa shape index (κ1) is 14.0. The molecule has 1 fully saturated rings. The third kappa shape index (κ3) is 2.75. The van der Waals surface area contributed by atoms with Crippen LogP contribution in [0, 0.1) is 0 Å². The maximum atomic E-state index is 12.0. The molecule has 0 aliphatic carbocycles. The summed E-state index contributed by atoms with van der Waals surface area (Å²) in [7, 11) is 0. The fourth-order valence-electron chi connectivity index (χ4n) is 2.86. The largest absolute Gasteiger partial charge is 0.415 e. The number of likely N-dealkylation sites (tertiary alicyclic amines) is 1.